The zero-order valence-corrected chi connectivity index (χ0v) is 12.2. The Kier molecular flexibility index (Phi) is 7.13. The second-order valence-corrected chi connectivity index (χ2v) is 4.25. The van der Waals surface area contributed by atoms with Gasteiger partial charge in [-0.1, -0.05) is 50.1 Å². The van der Waals surface area contributed by atoms with Crippen molar-refractivity contribution in [2.45, 2.75) is 33.1 Å². The van der Waals surface area contributed by atoms with E-state index in [-0.39, 0.29) is 51.2 Å². The third kappa shape index (κ3) is 4.19. The Balaban J connectivity index is 0. The second-order valence-electron chi connectivity index (χ2n) is 4.25. The van der Waals surface area contributed by atoms with Gasteiger partial charge in [-0.3, -0.25) is 0 Å². The van der Waals surface area contributed by atoms with E-state index < -0.39 is 0 Å². The molecule has 0 saturated heterocycles. The van der Waals surface area contributed by atoms with Crippen LogP contribution < -0.4 is 22.1 Å². The Hall–Kier alpha value is 0.266. The standard InChI is InChI=1S/C11H16O.BrH.Mg/c1-8-5-6-9(10(12)7-8)11(2,3)4;;/h5-7,12H,1-4H3;1H;/q;;+2/p-2. The maximum absolute atomic E-state index is 11.5. The normalized spacial score (nSPS) is 10.0. The van der Waals surface area contributed by atoms with Crippen LogP contribution in [0.2, 0.25) is 0 Å². The van der Waals surface area contributed by atoms with Crippen LogP contribution in [0, 0.1) is 6.92 Å². The van der Waals surface area contributed by atoms with Gasteiger partial charge in [-0.05, 0) is 12.3 Å². The predicted octanol–water partition coefficient (Wildman–Crippen LogP) is -1.01. The molecule has 1 aromatic rings. The summed E-state index contributed by atoms with van der Waals surface area (Å²) in [6, 6.07) is 5.61. The van der Waals surface area contributed by atoms with Crippen molar-refractivity contribution >= 4 is 23.1 Å². The van der Waals surface area contributed by atoms with Crippen molar-refractivity contribution in [2.75, 3.05) is 0 Å². The molecule has 0 N–H and O–H groups in total. The van der Waals surface area contributed by atoms with Crippen LogP contribution in [0.25, 0.3) is 0 Å². The molecule has 0 fully saturated rings. The monoisotopic (exact) mass is 266 g/mol. The first-order valence-electron chi connectivity index (χ1n) is 4.19. The molecule has 0 aliphatic carbocycles. The molecule has 0 aromatic heterocycles. The molecule has 74 valence electrons. The molecular formula is C11H15BrMgO. The van der Waals surface area contributed by atoms with Gasteiger partial charge in [0.1, 0.15) is 0 Å². The first-order chi connectivity index (χ1) is 5.41. The minimum atomic E-state index is -0.0369. The van der Waals surface area contributed by atoms with E-state index >= 15 is 0 Å². The number of aryl methyl sites for hydroxylation is 1. The number of rotatable bonds is 0. The summed E-state index contributed by atoms with van der Waals surface area (Å²) < 4.78 is 0. The van der Waals surface area contributed by atoms with Gasteiger partial charge in [-0.2, -0.15) is 0 Å². The molecule has 0 saturated carbocycles. The third-order valence-electron chi connectivity index (χ3n) is 1.95. The fourth-order valence-corrected chi connectivity index (χ4v) is 1.25. The summed E-state index contributed by atoms with van der Waals surface area (Å²) in [5.74, 6) is 0.155. The summed E-state index contributed by atoms with van der Waals surface area (Å²) >= 11 is 0. The van der Waals surface area contributed by atoms with Crippen LogP contribution >= 0.6 is 0 Å². The number of hydrogen-bond acceptors (Lipinski definition) is 1. The Morgan fingerprint density at radius 2 is 1.64 bits per heavy atom. The van der Waals surface area contributed by atoms with E-state index in [1.807, 2.05) is 19.1 Å². The smallest absolute Gasteiger partial charge is 1.00 e. The van der Waals surface area contributed by atoms with Gasteiger partial charge in [0.05, 0.1) is 0 Å². The first-order valence-corrected chi connectivity index (χ1v) is 4.19. The van der Waals surface area contributed by atoms with Crippen molar-refractivity contribution in [2.24, 2.45) is 0 Å². The van der Waals surface area contributed by atoms with Gasteiger partial charge in [-0.15, -0.1) is 5.75 Å². The molecule has 0 bridgehead atoms. The van der Waals surface area contributed by atoms with Crippen LogP contribution in [-0.2, 0) is 5.41 Å². The van der Waals surface area contributed by atoms with Crippen molar-refractivity contribution in [3.63, 3.8) is 0 Å². The van der Waals surface area contributed by atoms with Crippen LogP contribution in [0.3, 0.4) is 0 Å². The van der Waals surface area contributed by atoms with Crippen molar-refractivity contribution < 1.29 is 22.1 Å². The SMILES string of the molecule is Cc1ccc(C(C)(C)C)c([O-])c1.[Br-].[Mg+2]. The van der Waals surface area contributed by atoms with Crippen LogP contribution in [0.5, 0.6) is 5.75 Å². The quantitative estimate of drug-likeness (QED) is 0.553. The minimum absolute atomic E-state index is 0. The van der Waals surface area contributed by atoms with Crippen LogP contribution in [-0.4, -0.2) is 23.1 Å². The number of halogens is 1. The summed E-state index contributed by atoms with van der Waals surface area (Å²) in [7, 11) is 0. The fourth-order valence-electron chi connectivity index (χ4n) is 1.25. The Morgan fingerprint density at radius 3 is 2.00 bits per heavy atom. The molecule has 0 spiro atoms. The summed E-state index contributed by atoms with van der Waals surface area (Å²) in [4.78, 5) is 0. The predicted molar refractivity (Wildman–Crippen MR) is 55.1 cm³/mol. The van der Waals surface area contributed by atoms with Crippen molar-refractivity contribution in [1.82, 2.24) is 0 Å². The molecule has 1 nitrogen and oxygen atoms in total. The molecule has 0 amide bonds. The molecular weight excluding hydrogens is 252 g/mol. The van der Waals surface area contributed by atoms with E-state index in [0.717, 1.165) is 11.1 Å². The summed E-state index contributed by atoms with van der Waals surface area (Å²) in [5, 5.41) is 11.5. The van der Waals surface area contributed by atoms with Crippen LogP contribution in [0.15, 0.2) is 18.2 Å². The van der Waals surface area contributed by atoms with Gasteiger partial charge in [0, 0.05) is 0 Å². The van der Waals surface area contributed by atoms with Gasteiger partial charge < -0.3 is 22.1 Å². The maximum Gasteiger partial charge on any atom is 2.00 e. The van der Waals surface area contributed by atoms with Gasteiger partial charge in [0.25, 0.3) is 0 Å². The van der Waals surface area contributed by atoms with Crippen LogP contribution in [0.1, 0.15) is 31.9 Å². The fraction of sp³-hybridized carbons (Fsp3) is 0.455. The van der Waals surface area contributed by atoms with Crippen molar-refractivity contribution in [3.8, 4) is 5.75 Å². The molecule has 0 radical (unpaired) electrons. The second kappa shape index (κ2) is 5.98. The summed E-state index contributed by atoms with van der Waals surface area (Å²) in [5.41, 5.74) is 1.89. The van der Waals surface area contributed by atoms with Gasteiger partial charge in [0.2, 0.25) is 0 Å². The average molecular weight is 267 g/mol. The van der Waals surface area contributed by atoms with E-state index in [4.69, 9.17) is 0 Å². The van der Waals surface area contributed by atoms with Crippen LogP contribution in [0.4, 0.5) is 0 Å². The van der Waals surface area contributed by atoms with Crippen molar-refractivity contribution in [3.05, 3.63) is 29.3 Å². The molecule has 0 aliphatic rings. The maximum atomic E-state index is 11.5. The minimum Gasteiger partial charge on any atom is -1.00 e. The average Bonchev–Trinajstić information content (AvgIpc) is 1.83. The molecule has 3 heteroatoms. The summed E-state index contributed by atoms with van der Waals surface area (Å²) in [6.45, 7) is 8.10. The van der Waals surface area contributed by atoms with E-state index in [0.29, 0.717) is 0 Å². The molecule has 0 unspecified atom stereocenters. The Morgan fingerprint density at radius 1 is 1.14 bits per heavy atom. The summed E-state index contributed by atoms with van der Waals surface area (Å²) in [6.07, 6.45) is 0. The topological polar surface area (TPSA) is 23.1 Å². The Bertz CT molecular complexity index is 292. The van der Waals surface area contributed by atoms with E-state index in [2.05, 4.69) is 20.8 Å². The van der Waals surface area contributed by atoms with Gasteiger partial charge in [-0.25, -0.2) is 0 Å². The third-order valence-corrected chi connectivity index (χ3v) is 1.95. The largest absolute Gasteiger partial charge is 2.00 e. The first kappa shape index (κ1) is 16.7. The molecule has 1 rings (SSSR count). The molecule has 0 aliphatic heterocycles. The molecule has 14 heavy (non-hydrogen) atoms. The van der Waals surface area contributed by atoms with Crippen molar-refractivity contribution in [1.29, 1.82) is 0 Å². The molecule has 0 heterocycles. The van der Waals surface area contributed by atoms with Gasteiger partial charge in [0.15, 0.2) is 0 Å². The van der Waals surface area contributed by atoms with Gasteiger partial charge >= 0.3 is 23.1 Å². The molecule has 0 atom stereocenters. The number of benzene rings is 1. The van der Waals surface area contributed by atoms with E-state index in [9.17, 15) is 5.11 Å². The van der Waals surface area contributed by atoms with E-state index in [1.165, 1.54) is 0 Å². The number of hydrogen-bond donors (Lipinski definition) is 0. The molecule has 1 aromatic carbocycles. The Labute approximate surface area is 113 Å². The zero-order valence-electron chi connectivity index (χ0n) is 9.23. The zero-order chi connectivity index (χ0) is 9.35. The van der Waals surface area contributed by atoms with E-state index in [1.54, 1.807) is 6.07 Å².